The number of esters is 1. The summed E-state index contributed by atoms with van der Waals surface area (Å²) in [6, 6.07) is 0. The van der Waals surface area contributed by atoms with Crippen molar-refractivity contribution in [3.8, 4) is 0 Å². The molecular formula is C10H20N2O4. The Balaban J connectivity index is 4.36. The van der Waals surface area contributed by atoms with E-state index in [4.69, 9.17) is 15.2 Å². The van der Waals surface area contributed by atoms with E-state index in [1.807, 2.05) is 0 Å². The van der Waals surface area contributed by atoms with Crippen LogP contribution in [0.25, 0.3) is 0 Å². The molecule has 1 atom stereocenters. The lowest BCUT2D eigenvalue weighted by Gasteiger charge is -2.26. The van der Waals surface area contributed by atoms with Crippen LogP contribution in [0.3, 0.4) is 0 Å². The largest absolute Gasteiger partial charge is 0.463 e. The molecule has 0 spiro atoms. The Labute approximate surface area is 95.5 Å². The fourth-order valence-corrected chi connectivity index (χ4v) is 0.848. The zero-order valence-electron chi connectivity index (χ0n) is 10.4. The Morgan fingerprint density at radius 1 is 1.25 bits per heavy atom. The van der Waals surface area contributed by atoms with Gasteiger partial charge >= 0.3 is 12.1 Å². The van der Waals surface area contributed by atoms with Gasteiger partial charge in [0.05, 0.1) is 6.61 Å². The third-order valence-corrected chi connectivity index (χ3v) is 1.46. The zero-order valence-corrected chi connectivity index (χ0v) is 10.4. The normalized spacial score (nSPS) is 14.9. The maximum Gasteiger partial charge on any atom is 0.409 e. The highest BCUT2D eigenvalue weighted by molar-refractivity contribution is 5.84. The molecule has 94 valence electrons. The fraction of sp³-hybridized carbons (Fsp3) is 0.800. The maximum absolute atomic E-state index is 11.4. The highest BCUT2D eigenvalue weighted by Gasteiger charge is 2.33. The third-order valence-electron chi connectivity index (χ3n) is 1.46. The van der Waals surface area contributed by atoms with Gasteiger partial charge in [-0.3, -0.25) is 11.1 Å². The number of ether oxygens (including phenoxy) is 2. The Morgan fingerprint density at radius 2 is 1.75 bits per heavy atom. The van der Waals surface area contributed by atoms with Crippen molar-refractivity contribution in [1.82, 2.24) is 5.32 Å². The molecule has 0 heterocycles. The first-order valence-corrected chi connectivity index (χ1v) is 5.06. The number of rotatable bonds is 3. The van der Waals surface area contributed by atoms with E-state index >= 15 is 0 Å². The van der Waals surface area contributed by atoms with E-state index in [1.165, 1.54) is 6.92 Å². The van der Waals surface area contributed by atoms with E-state index in [9.17, 15) is 9.59 Å². The summed E-state index contributed by atoms with van der Waals surface area (Å²) < 4.78 is 9.67. The highest BCUT2D eigenvalue weighted by atomic mass is 16.6. The zero-order chi connectivity index (χ0) is 13.0. The summed E-state index contributed by atoms with van der Waals surface area (Å²) in [7, 11) is 0. The van der Waals surface area contributed by atoms with Gasteiger partial charge < -0.3 is 9.47 Å². The van der Waals surface area contributed by atoms with Crippen molar-refractivity contribution in [2.24, 2.45) is 5.73 Å². The molecule has 0 aliphatic rings. The lowest BCUT2D eigenvalue weighted by atomic mass is 10.2. The fourth-order valence-electron chi connectivity index (χ4n) is 0.848. The van der Waals surface area contributed by atoms with Gasteiger partial charge in [-0.25, -0.2) is 9.59 Å². The molecule has 16 heavy (non-hydrogen) atoms. The second-order valence-electron chi connectivity index (χ2n) is 4.55. The van der Waals surface area contributed by atoms with Crippen LogP contribution in [-0.4, -0.2) is 29.9 Å². The van der Waals surface area contributed by atoms with Gasteiger partial charge in [-0.1, -0.05) is 0 Å². The molecule has 0 aromatic carbocycles. The molecule has 0 rings (SSSR count). The van der Waals surface area contributed by atoms with E-state index in [0.717, 1.165) is 0 Å². The van der Waals surface area contributed by atoms with Gasteiger partial charge in [0.2, 0.25) is 0 Å². The quantitative estimate of drug-likeness (QED) is 0.553. The first kappa shape index (κ1) is 14.7. The lowest BCUT2D eigenvalue weighted by molar-refractivity contribution is -0.150. The van der Waals surface area contributed by atoms with Crippen LogP contribution in [0.2, 0.25) is 0 Å². The van der Waals surface area contributed by atoms with Crippen LogP contribution in [0, 0.1) is 0 Å². The van der Waals surface area contributed by atoms with Gasteiger partial charge in [0.25, 0.3) is 0 Å². The molecule has 0 aliphatic heterocycles. The number of carbonyl (C=O) groups is 2. The van der Waals surface area contributed by atoms with E-state index in [-0.39, 0.29) is 6.61 Å². The van der Waals surface area contributed by atoms with Crippen molar-refractivity contribution >= 4 is 12.1 Å². The predicted octanol–water partition coefficient (Wildman–Crippen LogP) is 0.749. The molecule has 0 fully saturated rings. The number of nitrogens with two attached hydrogens (primary N) is 1. The molecule has 0 radical (unpaired) electrons. The molecule has 6 nitrogen and oxygen atoms in total. The smallest absolute Gasteiger partial charge is 0.409 e. The Kier molecular flexibility index (Phi) is 4.74. The molecule has 0 bridgehead atoms. The lowest BCUT2D eigenvalue weighted by Crippen LogP contribution is -2.60. The molecule has 0 saturated heterocycles. The second kappa shape index (κ2) is 5.16. The molecule has 0 saturated carbocycles. The van der Waals surface area contributed by atoms with E-state index in [0.29, 0.717) is 0 Å². The molecule has 0 aliphatic carbocycles. The third kappa shape index (κ3) is 5.55. The molecule has 0 aromatic heterocycles. The van der Waals surface area contributed by atoms with Gasteiger partial charge in [-0.05, 0) is 34.6 Å². The molecule has 6 heteroatoms. The van der Waals surface area contributed by atoms with Crippen molar-refractivity contribution in [2.75, 3.05) is 6.61 Å². The standard InChI is InChI=1S/C10H20N2O4/c1-6-15-7(13)10(5,11)12-8(14)16-9(2,3)4/h6,11H2,1-5H3,(H,12,14)/t10-/m1/s1. The number of hydrogen-bond acceptors (Lipinski definition) is 5. The summed E-state index contributed by atoms with van der Waals surface area (Å²) >= 11 is 0. The molecule has 3 N–H and O–H groups in total. The number of nitrogens with one attached hydrogen (secondary N) is 1. The summed E-state index contributed by atoms with van der Waals surface area (Å²) in [5.74, 6) is -0.708. The van der Waals surface area contributed by atoms with E-state index < -0.39 is 23.3 Å². The van der Waals surface area contributed by atoms with Crippen LogP contribution in [0.15, 0.2) is 0 Å². The summed E-state index contributed by atoms with van der Waals surface area (Å²) in [5.41, 5.74) is 3.35. The number of carbonyl (C=O) groups excluding carboxylic acids is 2. The SMILES string of the molecule is CCOC(=O)[C@](C)(N)NC(=O)OC(C)(C)C. The monoisotopic (exact) mass is 232 g/mol. The number of alkyl carbamates (subject to hydrolysis) is 1. The summed E-state index contributed by atoms with van der Waals surface area (Å²) in [5, 5.41) is 2.24. The first-order valence-electron chi connectivity index (χ1n) is 5.06. The van der Waals surface area contributed by atoms with Crippen LogP contribution >= 0.6 is 0 Å². The van der Waals surface area contributed by atoms with Crippen LogP contribution in [-0.2, 0) is 14.3 Å². The van der Waals surface area contributed by atoms with Crippen molar-refractivity contribution in [2.45, 2.75) is 45.9 Å². The minimum atomic E-state index is -1.58. The first-order chi connectivity index (χ1) is 7.08. The van der Waals surface area contributed by atoms with E-state index in [1.54, 1.807) is 27.7 Å². The minimum Gasteiger partial charge on any atom is -0.463 e. The summed E-state index contributed by atoms with van der Waals surface area (Å²) in [6.07, 6.45) is -0.759. The van der Waals surface area contributed by atoms with Crippen LogP contribution in [0.4, 0.5) is 4.79 Å². The average molecular weight is 232 g/mol. The average Bonchev–Trinajstić information content (AvgIpc) is 1.99. The minimum absolute atomic E-state index is 0.196. The highest BCUT2D eigenvalue weighted by Crippen LogP contribution is 2.08. The van der Waals surface area contributed by atoms with E-state index in [2.05, 4.69) is 5.32 Å². The van der Waals surface area contributed by atoms with Crippen molar-refractivity contribution in [1.29, 1.82) is 0 Å². The number of amides is 1. The summed E-state index contributed by atoms with van der Waals surface area (Å²) in [4.78, 5) is 22.7. The summed E-state index contributed by atoms with van der Waals surface area (Å²) in [6.45, 7) is 8.33. The predicted molar refractivity (Wildman–Crippen MR) is 58.6 cm³/mol. The van der Waals surface area contributed by atoms with Gasteiger partial charge in [-0.2, -0.15) is 0 Å². The van der Waals surface area contributed by atoms with Gasteiger partial charge in [0, 0.05) is 0 Å². The van der Waals surface area contributed by atoms with Gasteiger partial charge in [0.1, 0.15) is 5.60 Å². The van der Waals surface area contributed by atoms with Crippen LogP contribution in [0.1, 0.15) is 34.6 Å². The molecular weight excluding hydrogens is 212 g/mol. The van der Waals surface area contributed by atoms with Crippen molar-refractivity contribution in [3.05, 3.63) is 0 Å². The molecule has 1 amide bonds. The Hall–Kier alpha value is -1.30. The maximum atomic E-state index is 11.4. The molecule has 0 aromatic rings. The van der Waals surface area contributed by atoms with Crippen LogP contribution in [0.5, 0.6) is 0 Å². The van der Waals surface area contributed by atoms with Crippen molar-refractivity contribution < 1.29 is 19.1 Å². The Bertz CT molecular complexity index is 268. The number of hydrogen-bond donors (Lipinski definition) is 2. The Morgan fingerprint density at radius 3 is 2.12 bits per heavy atom. The second-order valence-corrected chi connectivity index (χ2v) is 4.55. The van der Waals surface area contributed by atoms with Gasteiger partial charge in [0.15, 0.2) is 5.66 Å². The van der Waals surface area contributed by atoms with Gasteiger partial charge in [-0.15, -0.1) is 0 Å². The van der Waals surface area contributed by atoms with Crippen molar-refractivity contribution in [3.63, 3.8) is 0 Å². The molecule has 0 unspecified atom stereocenters. The topological polar surface area (TPSA) is 90.6 Å². The van der Waals surface area contributed by atoms with Crippen LogP contribution < -0.4 is 11.1 Å².